The highest BCUT2D eigenvalue weighted by molar-refractivity contribution is 5.95. The van der Waals surface area contributed by atoms with Gasteiger partial charge in [0.1, 0.15) is 5.75 Å². The van der Waals surface area contributed by atoms with Gasteiger partial charge in [0.2, 0.25) is 0 Å². The molecule has 148 valence electrons. The summed E-state index contributed by atoms with van der Waals surface area (Å²) in [6, 6.07) is 24.2. The average molecular weight is 389 g/mol. The zero-order valence-corrected chi connectivity index (χ0v) is 16.4. The lowest BCUT2D eigenvalue weighted by molar-refractivity contribution is -0.122. The molecule has 0 aromatic heterocycles. The number of amides is 1. The Kier molecular flexibility index (Phi) is 6.63. The molecule has 0 spiro atoms. The summed E-state index contributed by atoms with van der Waals surface area (Å²) in [5.74, 6) is -0.0490. The van der Waals surface area contributed by atoms with Crippen molar-refractivity contribution in [1.29, 1.82) is 0 Å². The number of anilines is 1. The van der Waals surface area contributed by atoms with Crippen molar-refractivity contribution in [1.82, 2.24) is 0 Å². The van der Waals surface area contributed by atoms with Crippen LogP contribution in [0.1, 0.15) is 24.2 Å². The molecule has 3 aromatic rings. The number of carbonyl (C=O) groups excluding carboxylic acids is 2. The van der Waals surface area contributed by atoms with Gasteiger partial charge in [-0.25, -0.2) is 4.79 Å². The molecular formula is C24H23NO4. The number of nitrogens with one attached hydrogen (secondary N) is 1. The van der Waals surface area contributed by atoms with E-state index in [1.54, 1.807) is 38.1 Å². The Hall–Kier alpha value is -3.60. The van der Waals surface area contributed by atoms with E-state index in [1.807, 2.05) is 54.6 Å². The Bertz CT molecular complexity index is 950. The SMILES string of the molecule is CCOC(=O)c1ccc(NC(=O)C(C)Oc2ccc(-c3ccccc3)cc2)cc1. The first-order chi connectivity index (χ1) is 14.1. The van der Waals surface area contributed by atoms with E-state index in [-0.39, 0.29) is 11.9 Å². The van der Waals surface area contributed by atoms with Gasteiger partial charge in [0, 0.05) is 5.69 Å². The number of hydrogen-bond donors (Lipinski definition) is 1. The topological polar surface area (TPSA) is 64.6 Å². The van der Waals surface area contributed by atoms with Gasteiger partial charge in [-0.15, -0.1) is 0 Å². The predicted octanol–water partition coefficient (Wildman–Crippen LogP) is 4.94. The fourth-order valence-electron chi connectivity index (χ4n) is 2.76. The highest BCUT2D eigenvalue weighted by Crippen LogP contribution is 2.23. The predicted molar refractivity (Wildman–Crippen MR) is 113 cm³/mol. The number of ether oxygens (including phenoxy) is 2. The van der Waals surface area contributed by atoms with Gasteiger partial charge in [0.05, 0.1) is 12.2 Å². The molecule has 29 heavy (non-hydrogen) atoms. The molecule has 0 saturated carbocycles. The lowest BCUT2D eigenvalue weighted by Crippen LogP contribution is -2.30. The monoisotopic (exact) mass is 389 g/mol. The summed E-state index contributed by atoms with van der Waals surface area (Å²) in [5, 5.41) is 2.78. The van der Waals surface area contributed by atoms with Gasteiger partial charge in [-0.05, 0) is 61.4 Å². The zero-order valence-electron chi connectivity index (χ0n) is 16.4. The van der Waals surface area contributed by atoms with Crippen LogP contribution in [-0.2, 0) is 9.53 Å². The van der Waals surface area contributed by atoms with Crippen LogP contribution < -0.4 is 10.1 Å². The molecule has 0 aliphatic heterocycles. The maximum absolute atomic E-state index is 12.4. The zero-order chi connectivity index (χ0) is 20.6. The molecule has 1 unspecified atom stereocenters. The second-order valence-electron chi connectivity index (χ2n) is 6.44. The summed E-state index contributed by atoms with van der Waals surface area (Å²) in [7, 11) is 0. The molecule has 0 fully saturated rings. The van der Waals surface area contributed by atoms with Gasteiger partial charge in [-0.1, -0.05) is 42.5 Å². The Balaban J connectivity index is 1.57. The standard InChI is InChI=1S/C24H23NO4/c1-3-28-24(27)20-9-13-21(14-10-20)25-23(26)17(2)29-22-15-11-19(12-16-22)18-7-5-4-6-8-18/h4-17H,3H2,1-2H3,(H,25,26). The van der Waals surface area contributed by atoms with E-state index in [2.05, 4.69) is 5.32 Å². The van der Waals surface area contributed by atoms with Gasteiger partial charge in [0.15, 0.2) is 6.10 Å². The van der Waals surface area contributed by atoms with Crippen LogP contribution in [0.5, 0.6) is 5.75 Å². The van der Waals surface area contributed by atoms with E-state index in [9.17, 15) is 9.59 Å². The van der Waals surface area contributed by atoms with E-state index in [4.69, 9.17) is 9.47 Å². The number of esters is 1. The Morgan fingerprint density at radius 3 is 2.10 bits per heavy atom. The largest absolute Gasteiger partial charge is 0.481 e. The van der Waals surface area contributed by atoms with Gasteiger partial charge in [-0.3, -0.25) is 4.79 Å². The summed E-state index contributed by atoms with van der Waals surface area (Å²) >= 11 is 0. The fourth-order valence-corrected chi connectivity index (χ4v) is 2.76. The molecule has 3 aromatic carbocycles. The molecular weight excluding hydrogens is 366 g/mol. The molecule has 5 heteroatoms. The summed E-state index contributed by atoms with van der Waals surface area (Å²) in [5.41, 5.74) is 3.22. The third-order valence-electron chi connectivity index (χ3n) is 4.31. The van der Waals surface area contributed by atoms with Crippen molar-refractivity contribution in [2.45, 2.75) is 20.0 Å². The van der Waals surface area contributed by atoms with E-state index in [0.717, 1.165) is 11.1 Å². The van der Waals surface area contributed by atoms with Crippen molar-refractivity contribution in [2.75, 3.05) is 11.9 Å². The van der Waals surface area contributed by atoms with E-state index < -0.39 is 6.10 Å². The van der Waals surface area contributed by atoms with Crippen LogP contribution >= 0.6 is 0 Å². The van der Waals surface area contributed by atoms with Crippen LogP contribution in [0.4, 0.5) is 5.69 Å². The lowest BCUT2D eigenvalue weighted by Gasteiger charge is -2.15. The third-order valence-corrected chi connectivity index (χ3v) is 4.31. The number of benzene rings is 3. The Labute approximate surface area is 170 Å². The van der Waals surface area contributed by atoms with Crippen molar-refractivity contribution in [3.8, 4) is 16.9 Å². The van der Waals surface area contributed by atoms with Crippen LogP contribution in [0.25, 0.3) is 11.1 Å². The molecule has 5 nitrogen and oxygen atoms in total. The van der Waals surface area contributed by atoms with E-state index >= 15 is 0 Å². The minimum Gasteiger partial charge on any atom is -0.481 e. The highest BCUT2D eigenvalue weighted by atomic mass is 16.5. The second-order valence-corrected chi connectivity index (χ2v) is 6.44. The van der Waals surface area contributed by atoms with Gasteiger partial charge in [0.25, 0.3) is 5.91 Å². The number of hydrogen-bond acceptors (Lipinski definition) is 4. The maximum atomic E-state index is 12.4. The smallest absolute Gasteiger partial charge is 0.338 e. The normalized spacial score (nSPS) is 11.4. The Morgan fingerprint density at radius 2 is 1.48 bits per heavy atom. The van der Waals surface area contributed by atoms with Gasteiger partial charge < -0.3 is 14.8 Å². The van der Waals surface area contributed by atoms with Gasteiger partial charge in [-0.2, -0.15) is 0 Å². The van der Waals surface area contributed by atoms with Crippen LogP contribution in [0.3, 0.4) is 0 Å². The molecule has 0 aliphatic carbocycles. The molecule has 1 atom stereocenters. The van der Waals surface area contributed by atoms with Crippen LogP contribution in [0.15, 0.2) is 78.9 Å². The van der Waals surface area contributed by atoms with Crippen LogP contribution in [0.2, 0.25) is 0 Å². The van der Waals surface area contributed by atoms with Gasteiger partial charge >= 0.3 is 5.97 Å². The number of rotatable bonds is 7. The van der Waals surface area contributed by atoms with Crippen molar-refractivity contribution in [3.05, 3.63) is 84.4 Å². The summed E-state index contributed by atoms with van der Waals surface area (Å²) in [6.07, 6.45) is -0.678. The fraction of sp³-hybridized carbons (Fsp3) is 0.167. The third kappa shape index (κ3) is 5.45. The number of carbonyl (C=O) groups is 2. The first-order valence-electron chi connectivity index (χ1n) is 9.47. The Morgan fingerprint density at radius 1 is 0.862 bits per heavy atom. The summed E-state index contributed by atoms with van der Waals surface area (Å²) in [4.78, 5) is 24.1. The van der Waals surface area contributed by atoms with E-state index in [0.29, 0.717) is 23.6 Å². The molecule has 0 saturated heterocycles. The first kappa shape index (κ1) is 20.1. The molecule has 0 aliphatic rings. The quantitative estimate of drug-likeness (QED) is 0.582. The summed E-state index contributed by atoms with van der Waals surface area (Å²) in [6.45, 7) is 3.76. The first-order valence-corrected chi connectivity index (χ1v) is 9.47. The molecule has 0 heterocycles. The minimum absolute atomic E-state index is 0.277. The maximum Gasteiger partial charge on any atom is 0.338 e. The molecule has 0 radical (unpaired) electrons. The van der Waals surface area contributed by atoms with Crippen LogP contribution in [-0.4, -0.2) is 24.6 Å². The lowest BCUT2D eigenvalue weighted by atomic mass is 10.1. The molecule has 0 bridgehead atoms. The average Bonchev–Trinajstić information content (AvgIpc) is 2.75. The van der Waals surface area contributed by atoms with Crippen molar-refractivity contribution in [3.63, 3.8) is 0 Å². The van der Waals surface area contributed by atoms with E-state index in [1.165, 1.54) is 0 Å². The highest BCUT2D eigenvalue weighted by Gasteiger charge is 2.15. The molecule has 1 N–H and O–H groups in total. The summed E-state index contributed by atoms with van der Waals surface area (Å²) < 4.78 is 10.7. The minimum atomic E-state index is -0.678. The van der Waals surface area contributed by atoms with Crippen molar-refractivity contribution >= 4 is 17.6 Å². The van der Waals surface area contributed by atoms with Crippen LogP contribution in [0, 0.1) is 0 Å². The second kappa shape index (κ2) is 9.55. The molecule has 3 rings (SSSR count). The van der Waals surface area contributed by atoms with Crippen molar-refractivity contribution < 1.29 is 19.1 Å². The molecule has 1 amide bonds. The van der Waals surface area contributed by atoms with Crippen molar-refractivity contribution in [2.24, 2.45) is 0 Å².